The lowest BCUT2D eigenvalue weighted by molar-refractivity contribution is -0.146. The van der Waals surface area contributed by atoms with E-state index >= 15 is 0 Å². The summed E-state index contributed by atoms with van der Waals surface area (Å²) in [5.74, 6) is 3.12. The van der Waals surface area contributed by atoms with E-state index in [1.54, 1.807) is 16.9 Å². The molecular weight excluding hydrogens is 424 g/mol. The molecule has 2 amide bonds. The van der Waals surface area contributed by atoms with Gasteiger partial charge in [0.15, 0.2) is 0 Å². The summed E-state index contributed by atoms with van der Waals surface area (Å²) in [6.45, 7) is 1.11. The van der Waals surface area contributed by atoms with Gasteiger partial charge in [0, 0.05) is 29.5 Å². The Labute approximate surface area is 194 Å². The molecule has 1 heterocycles. The number of rotatable bonds is 8. The van der Waals surface area contributed by atoms with Crippen molar-refractivity contribution in [1.29, 1.82) is 0 Å². The molecule has 32 heavy (non-hydrogen) atoms. The zero-order valence-electron chi connectivity index (χ0n) is 18.4. The average Bonchev–Trinajstić information content (AvgIpc) is 3.18. The summed E-state index contributed by atoms with van der Waals surface area (Å²) in [6, 6.07) is 9.37. The van der Waals surface area contributed by atoms with Crippen molar-refractivity contribution in [3.63, 3.8) is 0 Å². The van der Waals surface area contributed by atoms with Gasteiger partial charge in [-0.1, -0.05) is 23.7 Å². The molecule has 4 fully saturated rings. The molecule has 0 aliphatic heterocycles. The third-order valence-corrected chi connectivity index (χ3v) is 7.87. The molecule has 6 nitrogen and oxygen atoms in total. The van der Waals surface area contributed by atoms with Gasteiger partial charge in [-0.05, 0) is 80.4 Å². The Morgan fingerprint density at radius 2 is 1.69 bits per heavy atom. The summed E-state index contributed by atoms with van der Waals surface area (Å²) in [5, 5.41) is 11.1. The van der Waals surface area contributed by atoms with Gasteiger partial charge in [-0.3, -0.25) is 9.59 Å². The van der Waals surface area contributed by atoms with E-state index in [0.29, 0.717) is 36.8 Å². The van der Waals surface area contributed by atoms with Crippen LogP contribution in [0.2, 0.25) is 5.02 Å². The maximum Gasteiger partial charge on any atom is 0.226 e. The number of anilines is 1. The number of nitrogens with zero attached hydrogens (tertiary/aromatic N) is 2. The van der Waals surface area contributed by atoms with Gasteiger partial charge in [-0.15, -0.1) is 0 Å². The number of carbonyl (C=O) groups is 2. The van der Waals surface area contributed by atoms with E-state index in [2.05, 4.69) is 15.7 Å². The minimum atomic E-state index is -0.120. The van der Waals surface area contributed by atoms with Crippen LogP contribution in [0.4, 0.5) is 5.82 Å². The number of aromatic nitrogens is 2. The normalized spacial score (nSPS) is 28.0. The maximum atomic E-state index is 13.0. The average molecular weight is 455 g/mol. The van der Waals surface area contributed by atoms with Gasteiger partial charge in [-0.2, -0.15) is 5.10 Å². The van der Waals surface area contributed by atoms with Crippen molar-refractivity contribution in [3.05, 3.63) is 47.1 Å². The fraction of sp³-hybridized carbons (Fsp3) is 0.560. The number of carbonyl (C=O) groups excluding carboxylic acids is 2. The zero-order valence-corrected chi connectivity index (χ0v) is 19.1. The number of amides is 2. The Morgan fingerprint density at radius 3 is 2.34 bits per heavy atom. The number of hydrogen-bond acceptors (Lipinski definition) is 3. The topological polar surface area (TPSA) is 76.0 Å². The first-order chi connectivity index (χ1) is 15.5. The van der Waals surface area contributed by atoms with E-state index in [1.807, 2.05) is 24.3 Å². The molecule has 1 aromatic heterocycles. The summed E-state index contributed by atoms with van der Waals surface area (Å²) in [5.41, 5.74) is 0.937. The van der Waals surface area contributed by atoms with E-state index in [0.717, 1.165) is 42.6 Å². The highest BCUT2D eigenvalue weighted by Crippen LogP contribution is 2.60. The SMILES string of the molecule is O=C(CCCNC(=O)C12CC3CC(CC(C3)C1)C2)Nc1ccnn1Cc1ccc(Cl)cc1. The summed E-state index contributed by atoms with van der Waals surface area (Å²) >= 11 is 5.95. The first-order valence-electron chi connectivity index (χ1n) is 11.8. The van der Waals surface area contributed by atoms with Crippen molar-refractivity contribution < 1.29 is 9.59 Å². The molecule has 4 aliphatic carbocycles. The second kappa shape index (κ2) is 8.89. The van der Waals surface area contributed by atoms with E-state index < -0.39 is 0 Å². The van der Waals surface area contributed by atoms with Crippen LogP contribution in [-0.4, -0.2) is 28.1 Å². The minimum absolute atomic E-state index is 0.0630. The standard InChI is InChI=1S/C25H31ClN4O2/c26-21-5-3-17(4-6-21)16-30-22(7-9-28-30)29-23(31)2-1-8-27-24(32)25-13-18-10-19(14-25)12-20(11-18)15-25/h3-7,9,18-20H,1-2,8,10-16H2,(H,27,32)(H,29,31). The van der Waals surface area contributed by atoms with Gasteiger partial charge in [0.05, 0.1) is 12.7 Å². The van der Waals surface area contributed by atoms with Crippen molar-refractivity contribution >= 4 is 29.2 Å². The molecule has 2 aromatic rings. The summed E-state index contributed by atoms with van der Waals surface area (Å²) in [6.07, 6.45) is 9.90. The van der Waals surface area contributed by atoms with Crippen LogP contribution in [0.25, 0.3) is 0 Å². The first-order valence-corrected chi connectivity index (χ1v) is 12.2. The van der Waals surface area contributed by atoms with E-state index in [9.17, 15) is 9.59 Å². The molecule has 0 saturated heterocycles. The van der Waals surface area contributed by atoms with Crippen LogP contribution in [0.15, 0.2) is 36.5 Å². The molecule has 0 unspecified atom stereocenters. The molecular formula is C25H31ClN4O2. The highest BCUT2D eigenvalue weighted by atomic mass is 35.5. The minimum Gasteiger partial charge on any atom is -0.356 e. The fourth-order valence-electron chi connectivity index (χ4n) is 6.56. The van der Waals surface area contributed by atoms with Crippen molar-refractivity contribution in [3.8, 4) is 0 Å². The number of halogens is 1. The Bertz CT molecular complexity index is 949. The Hall–Kier alpha value is -2.34. The monoisotopic (exact) mass is 454 g/mol. The van der Waals surface area contributed by atoms with Crippen molar-refractivity contribution in [2.24, 2.45) is 23.2 Å². The van der Waals surface area contributed by atoms with Crippen LogP contribution in [0.3, 0.4) is 0 Å². The van der Waals surface area contributed by atoms with Crippen LogP contribution in [-0.2, 0) is 16.1 Å². The molecule has 4 saturated carbocycles. The molecule has 4 bridgehead atoms. The number of hydrogen-bond donors (Lipinski definition) is 2. The van der Waals surface area contributed by atoms with Gasteiger partial charge < -0.3 is 10.6 Å². The molecule has 7 heteroatoms. The van der Waals surface area contributed by atoms with Crippen LogP contribution < -0.4 is 10.6 Å². The lowest BCUT2D eigenvalue weighted by Crippen LogP contribution is -2.53. The first kappa shape index (κ1) is 21.5. The van der Waals surface area contributed by atoms with Crippen molar-refractivity contribution in [1.82, 2.24) is 15.1 Å². The highest BCUT2D eigenvalue weighted by molar-refractivity contribution is 6.30. The van der Waals surface area contributed by atoms with Crippen molar-refractivity contribution in [2.45, 2.75) is 57.9 Å². The molecule has 2 N–H and O–H groups in total. The lowest BCUT2D eigenvalue weighted by atomic mass is 9.49. The molecule has 0 atom stereocenters. The third kappa shape index (κ3) is 4.56. The Morgan fingerprint density at radius 1 is 1.03 bits per heavy atom. The fourth-order valence-corrected chi connectivity index (χ4v) is 6.69. The zero-order chi connectivity index (χ0) is 22.1. The van der Waals surface area contributed by atoms with Crippen LogP contribution in [0, 0.1) is 23.2 Å². The van der Waals surface area contributed by atoms with Gasteiger partial charge in [-0.25, -0.2) is 4.68 Å². The molecule has 1 aromatic carbocycles. The molecule has 0 spiro atoms. The lowest BCUT2D eigenvalue weighted by Gasteiger charge is -2.55. The largest absolute Gasteiger partial charge is 0.356 e. The Kier molecular flexibility index (Phi) is 5.97. The molecule has 4 aliphatic rings. The van der Waals surface area contributed by atoms with Crippen molar-refractivity contribution in [2.75, 3.05) is 11.9 Å². The molecule has 0 radical (unpaired) electrons. The second-order valence-corrected chi connectivity index (χ2v) is 10.5. The third-order valence-electron chi connectivity index (χ3n) is 7.62. The maximum absolute atomic E-state index is 13.0. The molecule has 170 valence electrons. The van der Waals surface area contributed by atoms with Gasteiger partial charge in [0.1, 0.15) is 5.82 Å². The Balaban J connectivity index is 1.07. The summed E-state index contributed by atoms with van der Waals surface area (Å²) in [7, 11) is 0. The van der Waals surface area contributed by atoms with E-state index in [-0.39, 0.29) is 17.2 Å². The summed E-state index contributed by atoms with van der Waals surface area (Å²) in [4.78, 5) is 25.4. The second-order valence-electron chi connectivity index (χ2n) is 10.1. The smallest absolute Gasteiger partial charge is 0.226 e. The molecule has 6 rings (SSSR count). The highest BCUT2D eigenvalue weighted by Gasteiger charge is 2.54. The van der Waals surface area contributed by atoms with E-state index in [1.165, 1.54) is 19.3 Å². The quantitative estimate of drug-likeness (QED) is 0.570. The van der Waals surface area contributed by atoms with Gasteiger partial charge >= 0.3 is 0 Å². The van der Waals surface area contributed by atoms with Crippen LogP contribution in [0.5, 0.6) is 0 Å². The van der Waals surface area contributed by atoms with Gasteiger partial charge in [0.2, 0.25) is 11.8 Å². The van der Waals surface area contributed by atoms with Gasteiger partial charge in [0.25, 0.3) is 0 Å². The number of benzene rings is 1. The van der Waals surface area contributed by atoms with Crippen LogP contribution in [0.1, 0.15) is 56.9 Å². The predicted octanol–water partition coefficient (Wildman–Crippen LogP) is 4.64. The van der Waals surface area contributed by atoms with E-state index in [4.69, 9.17) is 11.6 Å². The summed E-state index contributed by atoms with van der Waals surface area (Å²) < 4.78 is 1.76. The predicted molar refractivity (Wildman–Crippen MR) is 124 cm³/mol. The van der Waals surface area contributed by atoms with Crippen LogP contribution >= 0.6 is 11.6 Å². The number of nitrogens with one attached hydrogen (secondary N) is 2.